The van der Waals surface area contributed by atoms with Crippen LogP contribution in [0.5, 0.6) is 11.5 Å². The van der Waals surface area contributed by atoms with Gasteiger partial charge >= 0.3 is 0 Å². The topological polar surface area (TPSA) is 93.1 Å². The van der Waals surface area contributed by atoms with E-state index in [1.807, 2.05) is 43.5 Å². The standard InChI is InChI=1S/C25H26BrClN4O4S2/c1-4-31(5-2)23(33)13-35-24-19(26)10-16(11-21(24)34-3)12-28-30-22(32)15-37-25-29-20(14-36-25)17-6-8-18(27)9-7-17/h6-12,14H,4-5,13,15H2,1-3H3,(H,30,32)/b28-12+. The van der Waals surface area contributed by atoms with Gasteiger partial charge in [-0.15, -0.1) is 11.3 Å². The van der Waals surface area contributed by atoms with Crippen LogP contribution in [0.4, 0.5) is 0 Å². The van der Waals surface area contributed by atoms with Gasteiger partial charge in [-0.25, -0.2) is 10.4 Å². The molecule has 0 saturated heterocycles. The lowest BCUT2D eigenvalue weighted by atomic mass is 10.2. The maximum atomic E-state index is 12.3. The third-order valence-corrected chi connectivity index (χ3v) is 7.92. The first-order valence-electron chi connectivity index (χ1n) is 11.3. The summed E-state index contributed by atoms with van der Waals surface area (Å²) in [6.07, 6.45) is 1.50. The second kappa shape index (κ2) is 14.4. The summed E-state index contributed by atoms with van der Waals surface area (Å²) in [5.74, 6) is 0.660. The minimum atomic E-state index is -0.259. The number of hydrogen-bond donors (Lipinski definition) is 1. The molecule has 0 aliphatic carbocycles. The van der Waals surface area contributed by atoms with Crippen molar-refractivity contribution >= 4 is 68.7 Å². The van der Waals surface area contributed by atoms with Crippen molar-refractivity contribution in [2.45, 2.75) is 18.2 Å². The molecule has 0 aliphatic heterocycles. The molecule has 2 aromatic carbocycles. The molecule has 2 amide bonds. The molecule has 0 fully saturated rings. The van der Waals surface area contributed by atoms with Crippen LogP contribution in [-0.4, -0.2) is 60.5 Å². The van der Waals surface area contributed by atoms with E-state index in [1.54, 1.807) is 17.0 Å². The van der Waals surface area contributed by atoms with Crippen LogP contribution in [0.1, 0.15) is 19.4 Å². The van der Waals surface area contributed by atoms with Crippen LogP contribution >= 0.6 is 50.6 Å². The summed E-state index contributed by atoms with van der Waals surface area (Å²) in [6, 6.07) is 10.9. The Labute approximate surface area is 237 Å². The summed E-state index contributed by atoms with van der Waals surface area (Å²) in [7, 11) is 1.51. The summed E-state index contributed by atoms with van der Waals surface area (Å²) in [5.41, 5.74) is 5.00. The van der Waals surface area contributed by atoms with Gasteiger partial charge in [0.2, 0.25) is 0 Å². The number of carbonyl (C=O) groups is 2. The summed E-state index contributed by atoms with van der Waals surface area (Å²) < 4.78 is 12.5. The number of hydrogen-bond acceptors (Lipinski definition) is 8. The fourth-order valence-electron chi connectivity index (χ4n) is 3.17. The quantitative estimate of drug-likeness (QED) is 0.157. The predicted octanol–water partition coefficient (Wildman–Crippen LogP) is 5.72. The van der Waals surface area contributed by atoms with Crippen molar-refractivity contribution in [3.8, 4) is 22.8 Å². The maximum Gasteiger partial charge on any atom is 0.260 e. The second-order valence-electron chi connectivity index (χ2n) is 7.48. The first kappa shape index (κ1) is 29.0. The predicted molar refractivity (Wildman–Crippen MR) is 153 cm³/mol. The molecule has 3 rings (SSSR count). The van der Waals surface area contributed by atoms with E-state index in [-0.39, 0.29) is 24.2 Å². The van der Waals surface area contributed by atoms with Crippen molar-refractivity contribution in [2.24, 2.45) is 5.10 Å². The van der Waals surface area contributed by atoms with Gasteiger partial charge in [0.05, 0.1) is 29.2 Å². The monoisotopic (exact) mass is 624 g/mol. The number of nitrogens with one attached hydrogen (secondary N) is 1. The van der Waals surface area contributed by atoms with E-state index in [1.165, 1.54) is 36.4 Å². The lowest BCUT2D eigenvalue weighted by molar-refractivity contribution is -0.133. The SMILES string of the molecule is CCN(CC)C(=O)COc1c(Br)cc(/C=N/NC(=O)CSc2nc(-c3ccc(Cl)cc3)cs2)cc1OC. The van der Waals surface area contributed by atoms with Gasteiger partial charge in [-0.1, -0.05) is 35.5 Å². The van der Waals surface area contributed by atoms with Crippen molar-refractivity contribution in [3.63, 3.8) is 0 Å². The van der Waals surface area contributed by atoms with Crippen molar-refractivity contribution < 1.29 is 19.1 Å². The number of halogens is 2. The van der Waals surface area contributed by atoms with Crippen molar-refractivity contribution in [2.75, 3.05) is 32.6 Å². The van der Waals surface area contributed by atoms with Gasteiger partial charge in [-0.2, -0.15) is 5.10 Å². The molecule has 0 atom stereocenters. The van der Waals surface area contributed by atoms with Crippen LogP contribution in [0.15, 0.2) is 55.7 Å². The molecule has 196 valence electrons. The van der Waals surface area contributed by atoms with Gasteiger partial charge < -0.3 is 14.4 Å². The van der Waals surface area contributed by atoms with E-state index in [0.29, 0.717) is 39.6 Å². The van der Waals surface area contributed by atoms with Gasteiger partial charge in [-0.05, 0) is 59.6 Å². The third-order valence-electron chi connectivity index (χ3n) is 5.06. The number of benzene rings is 2. The number of thiazole rings is 1. The normalized spacial score (nSPS) is 10.9. The lowest BCUT2D eigenvalue weighted by Crippen LogP contribution is -2.34. The average molecular weight is 626 g/mol. The zero-order valence-electron chi connectivity index (χ0n) is 20.5. The van der Waals surface area contributed by atoms with Gasteiger partial charge in [0, 0.05) is 29.1 Å². The van der Waals surface area contributed by atoms with Crippen molar-refractivity contribution in [3.05, 3.63) is 56.8 Å². The average Bonchev–Trinajstić information content (AvgIpc) is 3.37. The van der Waals surface area contributed by atoms with Crippen LogP contribution in [0, 0.1) is 0 Å². The Morgan fingerprint density at radius 1 is 1.24 bits per heavy atom. The molecular formula is C25H26BrClN4O4S2. The number of hydrazone groups is 1. The summed E-state index contributed by atoms with van der Waals surface area (Å²) >= 11 is 12.2. The molecule has 3 aromatic rings. The molecular weight excluding hydrogens is 600 g/mol. The van der Waals surface area contributed by atoms with Crippen LogP contribution < -0.4 is 14.9 Å². The number of ether oxygens (including phenoxy) is 2. The Kier molecular flexibility index (Phi) is 11.2. The number of methoxy groups -OCH3 is 1. The van der Waals surface area contributed by atoms with E-state index in [9.17, 15) is 9.59 Å². The van der Waals surface area contributed by atoms with Gasteiger partial charge in [0.1, 0.15) is 0 Å². The summed E-state index contributed by atoms with van der Waals surface area (Å²) in [5, 5.41) is 6.65. The first-order chi connectivity index (χ1) is 17.8. The number of rotatable bonds is 12. The Hall–Kier alpha value is -2.60. The second-order valence-corrected chi connectivity index (χ2v) is 10.8. The van der Waals surface area contributed by atoms with E-state index in [4.69, 9.17) is 21.1 Å². The number of amides is 2. The highest BCUT2D eigenvalue weighted by Gasteiger charge is 2.16. The smallest absolute Gasteiger partial charge is 0.260 e. The van der Waals surface area contributed by atoms with Gasteiger partial charge in [-0.3, -0.25) is 9.59 Å². The van der Waals surface area contributed by atoms with E-state index in [2.05, 4.69) is 31.4 Å². The molecule has 0 unspecified atom stereocenters. The Balaban J connectivity index is 1.53. The minimum absolute atomic E-state index is 0.0991. The molecule has 0 radical (unpaired) electrons. The summed E-state index contributed by atoms with van der Waals surface area (Å²) in [4.78, 5) is 30.7. The number of carbonyl (C=O) groups excluding carboxylic acids is 2. The molecule has 1 heterocycles. The van der Waals surface area contributed by atoms with E-state index < -0.39 is 0 Å². The molecule has 0 spiro atoms. The highest BCUT2D eigenvalue weighted by Crippen LogP contribution is 2.36. The van der Waals surface area contributed by atoms with Crippen LogP contribution in [0.2, 0.25) is 5.02 Å². The van der Waals surface area contributed by atoms with Crippen LogP contribution in [0.25, 0.3) is 11.3 Å². The molecule has 0 aliphatic rings. The molecule has 0 bridgehead atoms. The van der Waals surface area contributed by atoms with Crippen molar-refractivity contribution in [1.82, 2.24) is 15.3 Å². The number of aromatic nitrogens is 1. The third kappa shape index (κ3) is 8.46. The number of likely N-dealkylation sites (N-methyl/N-ethyl adjacent to an activating group) is 1. The van der Waals surface area contributed by atoms with E-state index in [0.717, 1.165) is 15.6 Å². The highest BCUT2D eigenvalue weighted by atomic mass is 79.9. The Bertz CT molecular complexity index is 1250. The largest absolute Gasteiger partial charge is 0.493 e. The van der Waals surface area contributed by atoms with Crippen LogP contribution in [0.3, 0.4) is 0 Å². The van der Waals surface area contributed by atoms with Crippen molar-refractivity contribution in [1.29, 1.82) is 0 Å². The maximum absolute atomic E-state index is 12.3. The van der Waals surface area contributed by atoms with Gasteiger partial charge in [0.25, 0.3) is 11.8 Å². The van der Waals surface area contributed by atoms with E-state index >= 15 is 0 Å². The first-order valence-corrected chi connectivity index (χ1v) is 14.3. The molecule has 1 aromatic heterocycles. The molecule has 8 nitrogen and oxygen atoms in total. The summed E-state index contributed by atoms with van der Waals surface area (Å²) in [6.45, 7) is 4.97. The minimum Gasteiger partial charge on any atom is -0.493 e. The lowest BCUT2D eigenvalue weighted by Gasteiger charge is -2.19. The molecule has 0 saturated carbocycles. The fourth-order valence-corrected chi connectivity index (χ4v) is 5.50. The molecule has 1 N–H and O–H groups in total. The molecule has 37 heavy (non-hydrogen) atoms. The molecule has 12 heteroatoms. The number of thioether (sulfide) groups is 1. The zero-order valence-corrected chi connectivity index (χ0v) is 24.5. The Morgan fingerprint density at radius 3 is 2.65 bits per heavy atom. The zero-order chi connectivity index (χ0) is 26.8. The number of nitrogens with zero attached hydrogens (tertiary/aromatic N) is 3. The highest BCUT2D eigenvalue weighted by molar-refractivity contribution is 9.10. The van der Waals surface area contributed by atoms with Gasteiger partial charge in [0.15, 0.2) is 22.4 Å². The fraction of sp³-hybridized carbons (Fsp3) is 0.280. The van der Waals surface area contributed by atoms with Crippen LogP contribution in [-0.2, 0) is 9.59 Å². The Morgan fingerprint density at radius 2 is 1.97 bits per heavy atom.